The van der Waals surface area contributed by atoms with Gasteiger partial charge in [-0.15, -0.1) is 0 Å². The summed E-state index contributed by atoms with van der Waals surface area (Å²) in [5.74, 6) is -0.806. The van der Waals surface area contributed by atoms with Crippen molar-refractivity contribution in [3.8, 4) is 6.07 Å². The third-order valence-corrected chi connectivity index (χ3v) is 6.05. The normalized spacial score (nSPS) is 11.7. The molecule has 7 nitrogen and oxygen atoms in total. The van der Waals surface area contributed by atoms with Crippen molar-refractivity contribution in [1.82, 2.24) is 14.9 Å². The van der Waals surface area contributed by atoms with Crippen LogP contribution in [0.15, 0.2) is 82.4 Å². The molecule has 3 aromatic rings. The third-order valence-electron chi connectivity index (χ3n) is 5.06. The molecule has 0 radical (unpaired) electrons. The number of carbonyl (C=O) groups excluding carboxylic acids is 1. The molecule has 174 valence electrons. The van der Waals surface area contributed by atoms with Crippen LogP contribution in [-0.4, -0.2) is 40.4 Å². The Morgan fingerprint density at radius 1 is 1.15 bits per heavy atom. The highest BCUT2D eigenvalue weighted by Crippen LogP contribution is 2.29. The molecule has 0 bridgehead atoms. The van der Waals surface area contributed by atoms with E-state index in [1.807, 2.05) is 69.2 Å². The van der Waals surface area contributed by atoms with Gasteiger partial charge < -0.3 is 15.5 Å². The first kappa shape index (κ1) is 24.9. The number of hydrogen-bond donors (Lipinski definition) is 2. The van der Waals surface area contributed by atoms with E-state index in [0.29, 0.717) is 11.4 Å². The topological polar surface area (TPSA) is 93.9 Å². The van der Waals surface area contributed by atoms with Gasteiger partial charge in [0.1, 0.15) is 16.7 Å². The molecule has 2 aromatic carbocycles. The summed E-state index contributed by atoms with van der Waals surface area (Å²) < 4.78 is 14.2. The first-order valence-corrected chi connectivity index (χ1v) is 11.2. The van der Waals surface area contributed by atoms with Gasteiger partial charge in [-0.05, 0) is 64.4 Å². The van der Waals surface area contributed by atoms with Crippen molar-refractivity contribution in [2.24, 2.45) is 0 Å². The molecule has 34 heavy (non-hydrogen) atoms. The van der Waals surface area contributed by atoms with Gasteiger partial charge in [0, 0.05) is 21.8 Å². The van der Waals surface area contributed by atoms with E-state index in [1.54, 1.807) is 30.3 Å². The van der Waals surface area contributed by atoms with Gasteiger partial charge in [-0.25, -0.2) is 14.4 Å². The summed E-state index contributed by atoms with van der Waals surface area (Å²) in [6, 6.07) is 18.2. The summed E-state index contributed by atoms with van der Waals surface area (Å²) in [5, 5.41) is 15.4. The van der Waals surface area contributed by atoms with Gasteiger partial charge in [-0.2, -0.15) is 5.26 Å². The van der Waals surface area contributed by atoms with E-state index in [9.17, 15) is 14.4 Å². The molecule has 0 aliphatic carbocycles. The Hall–Kier alpha value is -3.74. The van der Waals surface area contributed by atoms with Crippen LogP contribution >= 0.6 is 11.8 Å². The van der Waals surface area contributed by atoms with Crippen LogP contribution in [-0.2, 0) is 4.79 Å². The van der Waals surface area contributed by atoms with E-state index < -0.39 is 17.3 Å². The summed E-state index contributed by atoms with van der Waals surface area (Å²) in [7, 11) is 3.75. The summed E-state index contributed by atoms with van der Waals surface area (Å²) in [4.78, 5) is 23.7. The van der Waals surface area contributed by atoms with Crippen LogP contribution in [0.5, 0.6) is 0 Å². The Labute approximate surface area is 202 Å². The molecule has 1 aromatic heterocycles. The van der Waals surface area contributed by atoms with Crippen LogP contribution in [0, 0.1) is 17.1 Å². The van der Waals surface area contributed by atoms with Crippen LogP contribution < -0.4 is 10.6 Å². The minimum absolute atomic E-state index is 0.0153. The largest absolute Gasteiger partial charge is 0.324 e. The second-order valence-electron chi connectivity index (χ2n) is 8.14. The van der Waals surface area contributed by atoms with Crippen LogP contribution in [0.1, 0.15) is 13.8 Å². The van der Waals surface area contributed by atoms with Gasteiger partial charge in [-0.3, -0.25) is 4.79 Å². The fraction of sp³-hybridized carbons (Fsp3) is 0.200. The summed E-state index contributed by atoms with van der Waals surface area (Å²) in [5.41, 5.74) is 0.624. The highest BCUT2D eigenvalue weighted by Gasteiger charge is 2.21. The zero-order chi connectivity index (χ0) is 24.7. The van der Waals surface area contributed by atoms with Gasteiger partial charge in [0.25, 0.3) is 5.91 Å². The number of nitrogens with one attached hydrogen (secondary N) is 2. The number of carbonyl (C=O) groups is 1. The highest BCUT2D eigenvalue weighted by atomic mass is 32.2. The maximum Gasteiger partial charge on any atom is 0.266 e. The van der Waals surface area contributed by atoms with Gasteiger partial charge in [0.05, 0.1) is 6.20 Å². The summed E-state index contributed by atoms with van der Waals surface area (Å²) >= 11 is 1.20. The predicted octanol–water partition coefficient (Wildman–Crippen LogP) is 5.24. The van der Waals surface area contributed by atoms with E-state index in [1.165, 1.54) is 11.8 Å². The van der Waals surface area contributed by atoms with Gasteiger partial charge in [0.15, 0.2) is 5.82 Å². The lowest BCUT2D eigenvalue weighted by atomic mass is 10.00. The van der Waals surface area contributed by atoms with Crippen LogP contribution in [0.2, 0.25) is 0 Å². The molecule has 2 N–H and O–H groups in total. The molecule has 0 unspecified atom stereocenters. The molecule has 0 fully saturated rings. The van der Waals surface area contributed by atoms with Crippen LogP contribution in [0.3, 0.4) is 0 Å². The van der Waals surface area contributed by atoms with Crippen molar-refractivity contribution in [2.45, 2.75) is 29.3 Å². The Morgan fingerprint density at radius 2 is 1.85 bits per heavy atom. The second-order valence-corrected chi connectivity index (χ2v) is 9.20. The van der Waals surface area contributed by atoms with Crippen molar-refractivity contribution in [2.75, 3.05) is 24.7 Å². The number of nitriles is 1. The van der Waals surface area contributed by atoms with Crippen LogP contribution in [0.4, 0.5) is 21.7 Å². The molecular weight excluding hydrogens is 451 g/mol. The fourth-order valence-corrected chi connectivity index (χ4v) is 3.52. The Bertz CT molecular complexity index is 1240. The number of amides is 1. The number of halogens is 1. The molecule has 0 aliphatic rings. The fourth-order valence-electron chi connectivity index (χ4n) is 2.72. The molecule has 0 saturated carbocycles. The van der Waals surface area contributed by atoms with E-state index in [-0.39, 0.29) is 16.5 Å². The zero-order valence-corrected chi connectivity index (χ0v) is 20.2. The Morgan fingerprint density at radius 3 is 2.53 bits per heavy atom. The quantitative estimate of drug-likeness (QED) is 0.261. The molecule has 1 amide bonds. The number of aromatic nitrogens is 2. The summed E-state index contributed by atoms with van der Waals surface area (Å²) in [6.07, 6.45) is 2.74. The summed E-state index contributed by atoms with van der Waals surface area (Å²) in [6.45, 7) is 3.82. The van der Waals surface area contributed by atoms with Gasteiger partial charge in [0.2, 0.25) is 5.95 Å². The lowest BCUT2D eigenvalue weighted by Crippen LogP contribution is -2.37. The second kappa shape index (κ2) is 10.9. The highest BCUT2D eigenvalue weighted by molar-refractivity contribution is 7.99. The molecule has 0 spiro atoms. The van der Waals surface area contributed by atoms with E-state index in [4.69, 9.17) is 0 Å². The molecule has 1 heterocycles. The van der Waals surface area contributed by atoms with Crippen molar-refractivity contribution in [3.63, 3.8) is 0 Å². The average molecular weight is 477 g/mol. The zero-order valence-electron chi connectivity index (χ0n) is 19.3. The lowest BCUT2D eigenvalue weighted by molar-refractivity contribution is -0.112. The smallest absolute Gasteiger partial charge is 0.266 e. The maximum atomic E-state index is 14.2. The standard InChI is InChI=1S/C25H25FN6OS/c1-25(2,32(3)4)14-17(15-27)22(33)29-18-9-8-10-19(13-18)30-24-28-16-21(26)23(31-24)34-20-11-6-5-7-12-20/h5-14,16H,1-4H3,(H,29,33)(H,28,30,31)/b17-14+. The molecule has 0 atom stereocenters. The number of anilines is 3. The predicted molar refractivity (Wildman–Crippen MR) is 132 cm³/mol. The van der Waals surface area contributed by atoms with Gasteiger partial charge in [-0.1, -0.05) is 36.0 Å². The number of rotatable bonds is 8. The Balaban J connectivity index is 1.75. The molecule has 3 rings (SSSR count). The van der Waals surface area contributed by atoms with E-state index in [0.717, 1.165) is 11.1 Å². The monoisotopic (exact) mass is 476 g/mol. The number of likely N-dealkylation sites (N-methyl/N-ethyl adjacent to an activating group) is 1. The SMILES string of the molecule is CN(C)C(C)(C)/C=C(\C#N)C(=O)Nc1cccc(Nc2ncc(F)c(Sc3ccccc3)n2)c1. The van der Waals surface area contributed by atoms with Crippen molar-refractivity contribution in [1.29, 1.82) is 5.26 Å². The average Bonchev–Trinajstić information content (AvgIpc) is 2.80. The Kier molecular flexibility index (Phi) is 7.99. The molecule has 0 saturated heterocycles. The number of hydrogen-bond acceptors (Lipinski definition) is 7. The third kappa shape index (κ3) is 6.63. The maximum absolute atomic E-state index is 14.2. The minimum atomic E-state index is -0.517. The van der Waals surface area contributed by atoms with Crippen molar-refractivity contribution >= 4 is 35.0 Å². The van der Waals surface area contributed by atoms with Gasteiger partial charge >= 0.3 is 0 Å². The first-order chi connectivity index (χ1) is 16.2. The lowest BCUT2D eigenvalue weighted by Gasteiger charge is -2.29. The molecular formula is C25H25FN6OS. The van der Waals surface area contributed by atoms with Crippen molar-refractivity contribution < 1.29 is 9.18 Å². The van der Waals surface area contributed by atoms with Crippen LogP contribution in [0.25, 0.3) is 0 Å². The van der Waals surface area contributed by atoms with Crippen molar-refractivity contribution in [3.05, 3.63) is 78.3 Å². The molecule has 9 heteroatoms. The molecule has 0 aliphatic heterocycles. The number of benzene rings is 2. The first-order valence-electron chi connectivity index (χ1n) is 10.4. The van der Waals surface area contributed by atoms with E-state index >= 15 is 0 Å². The van der Waals surface area contributed by atoms with E-state index in [2.05, 4.69) is 20.6 Å². The number of nitrogens with zero attached hydrogens (tertiary/aromatic N) is 4. The minimum Gasteiger partial charge on any atom is -0.324 e.